The second-order valence-electron chi connectivity index (χ2n) is 6.57. The maximum absolute atomic E-state index is 12.4. The van der Waals surface area contributed by atoms with E-state index < -0.39 is 11.7 Å². The molecule has 23 heavy (non-hydrogen) atoms. The Balaban J connectivity index is 2.74. The van der Waals surface area contributed by atoms with Crippen LogP contribution in [0.4, 0.5) is 4.79 Å². The fourth-order valence-electron chi connectivity index (χ4n) is 2.54. The van der Waals surface area contributed by atoms with Gasteiger partial charge in [-0.2, -0.15) is 0 Å². The van der Waals surface area contributed by atoms with Crippen LogP contribution in [0, 0.1) is 0 Å². The Hall–Kier alpha value is -1.95. The first kappa shape index (κ1) is 19.1. The Morgan fingerprint density at radius 3 is 2.61 bits per heavy atom. The molecule has 2 atom stereocenters. The molecule has 8 heteroatoms. The highest BCUT2D eigenvalue weighted by molar-refractivity contribution is 5.70. The number of carbonyl (C=O) groups is 2. The number of rotatable bonds is 5. The van der Waals surface area contributed by atoms with Crippen LogP contribution in [0.25, 0.3) is 10.4 Å². The van der Waals surface area contributed by atoms with Crippen molar-refractivity contribution in [1.82, 2.24) is 4.90 Å². The van der Waals surface area contributed by atoms with Crippen molar-refractivity contribution in [3.63, 3.8) is 0 Å². The summed E-state index contributed by atoms with van der Waals surface area (Å²) in [6.45, 7) is 7.81. The zero-order valence-electron chi connectivity index (χ0n) is 14.3. The van der Waals surface area contributed by atoms with E-state index in [0.29, 0.717) is 32.4 Å². The summed E-state index contributed by atoms with van der Waals surface area (Å²) in [5.74, 6) is -0.270. The van der Waals surface area contributed by atoms with Crippen LogP contribution in [-0.4, -0.2) is 47.8 Å². The summed E-state index contributed by atoms with van der Waals surface area (Å²) < 4.78 is 10.4. The van der Waals surface area contributed by atoms with E-state index >= 15 is 0 Å². The SMILES string of the molecule is CCOC(=O)CCC1CCC(N=[N+]=[N-])CN1C(=O)OC(C)(C)C. The molecule has 0 spiro atoms. The number of ether oxygens (including phenoxy) is 2. The van der Waals surface area contributed by atoms with Crippen LogP contribution in [0.1, 0.15) is 53.4 Å². The average Bonchev–Trinajstić information content (AvgIpc) is 2.44. The molecule has 0 aromatic heterocycles. The second kappa shape index (κ2) is 8.62. The van der Waals surface area contributed by atoms with E-state index in [4.69, 9.17) is 15.0 Å². The van der Waals surface area contributed by atoms with Crippen molar-refractivity contribution in [3.05, 3.63) is 10.4 Å². The zero-order valence-corrected chi connectivity index (χ0v) is 14.3. The molecule has 0 saturated carbocycles. The van der Waals surface area contributed by atoms with Crippen LogP contribution in [-0.2, 0) is 14.3 Å². The van der Waals surface area contributed by atoms with Gasteiger partial charge in [0.05, 0.1) is 12.6 Å². The maximum Gasteiger partial charge on any atom is 0.410 e. The van der Waals surface area contributed by atoms with Gasteiger partial charge in [0.1, 0.15) is 5.60 Å². The lowest BCUT2D eigenvalue weighted by molar-refractivity contribution is -0.143. The first-order valence-electron chi connectivity index (χ1n) is 7.96. The number of nitrogens with zero attached hydrogens (tertiary/aromatic N) is 4. The van der Waals surface area contributed by atoms with Gasteiger partial charge < -0.3 is 14.4 Å². The van der Waals surface area contributed by atoms with Crippen molar-refractivity contribution >= 4 is 12.1 Å². The Bertz CT molecular complexity index is 469. The molecule has 1 saturated heterocycles. The van der Waals surface area contributed by atoms with Gasteiger partial charge in [-0.1, -0.05) is 5.11 Å². The highest BCUT2D eigenvalue weighted by atomic mass is 16.6. The first-order chi connectivity index (χ1) is 10.8. The van der Waals surface area contributed by atoms with Gasteiger partial charge in [-0.25, -0.2) is 4.79 Å². The topological polar surface area (TPSA) is 105 Å². The molecule has 130 valence electrons. The molecule has 0 radical (unpaired) electrons. The molecule has 1 aliphatic heterocycles. The quantitative estimate of drug-likeness (QED) is 0.334. The van der Waals surface area contributed by atoms with Crippen molar-refractivity contribution in [2.75, 3.05) is 13.2 Å². The largest absolute Gasteiger partial charge is 0.466 e. The Morgan fingerprint density at radius 1 is 1.35 bits per heavy atom. The van der Waals surface area contributed by atoms with Crippen LogP contribution in [0.2, 0.25) is 0 Å². The molecule has 1 heterocycles. The minimum absolute atomic E-state index is 0.112. The molecule has 0 N–H and O–H groups in total. The van der Waals surface area contributed by atoms with E-state index in [1.54, 1.807) is 32.6 Å². The number of piperidine rings is 1. The molecule has 0 aromatic carbocycles. The third-order valence-electron chi connectivity index (χ3n) is 3.51. The summed E-state index contributed by atoms with van der Waals surface area (Å²) in [4.78, 5) is 28.3. The number of hydrogen-bond acceptors (Lipinski definition) is 5. The Labute approximate surface area is 136 Å². The van der Waals surface area contributed by atoms with Crippen LogP contribution in [0.5, 0.6) is 0 Å². The minimum Gasteiger partial charge on any atom is -0.466 e. The van der Waals surface area contributed by atoms with E-state index in [-0.39, 0.29) is 24.5 Å². The fourth-order valence-corrected chi connectivity index (χ4v) is 2.54. The zero-order chi connectivity index (χ0) is 17.5. The number of likely N-dealkylation sites (tertiary alicyclic amines) is 1. The van der Waals surface area contributed by atoms with E-state index in [9.17, 15) is 9.59 Å². The lowest BCUT2D eigenvalue weighted by Gasteiger charge is -2.39. The third kappa shape index (κ3) is 6.78. The molecule has 2 unspecified atom stereocenters. The van der Waals surface area contributed by atoms with E-state index in [2.05, 4.69) is 10.0 Å². The van der Waals surface area contributed by atoms with Gasteiger partial charge in [-0.3, -0.25) is 4.79 Å². The van der Waals surface area contributed by atoms with Gasteiger partial charge in [0.25, 0.3) is 0 Å². The molecule has 8 nitrogen and oxygen atoms in total. The summed E-state index contributed by atoms with van der Waals surface area (Å²) in [7, 11) is 0. The van der Waals surface area contributed by atoms with Crippen molar-refractivity contribution in [3.8, 4) is 0 Å². The average molecular weight is 326 g/mol. The van der Waals surface area contributed by atoms with Gasteiger partial charge in [0.2, 0.25) is 0 Å². The standard InChI is InChI=1S/C15H26N4O4/c1-5-22-13(20)9-8-12-7-6-11(17-18-16)10-19(12)14(21)23-15(2,3)4/h11-12H,5-10H2,1-4H3. The molecule has 0 bridgehead atoms. The van der Waals surface area contributed by atoms with Crippen LogP contribution in [0.15, 0.2) is 5.11 Å². The number of azide groups is 1. The van der Waals surface area contributed by atoms with Crippen molar-refractivity contribution in [1.29, 1.82) is 0 Å². The highest BCUT2D eigenvalue weighted by Gasteiger charge is 2.34. The Kier molecular flexibility index (Phi) is 7.16. The predicted molar refractivity (Wildman–Crippen MR) is 84.8 cm³/mol. The summed E-state index contributed by atoms with van der Waals surface area (Å²) in [5, 5.41) is 3.71. The molecular formula is C15H26N4O4. The van der Waals surface area contributed by atoms with Gasteiger partial charge in [0.15, 0.2) is 0 Å². The predicted octanol–water partition coefficient (Wildman–Crippen LogP) is 3.41. The van der Waals surface area contributed by atoms with Crippen LogP contribution < -0.4 is 0 Å². The van der Waals surface area contributed by atoms with Gasteiger partial charge in [0, 0.05) is 23.9 Å². The van der Waals surface area contributed by atoms with E-state index in [1.165, 1.54) is 0 Å². The van der Waals surface area contributed by atoms with Gasteiger partial charge >= 0.3 is 12.1 Å². The molecule has 0 aliphatic carbocycles. The summed E-state index contributed by atoms with van der Waals surface area (Å²) >= 11 is 0. The minimum atomic E-state index is -0.603. The monoisotopic (exact) mass is 326 g/mol. The molecule has 0 aromatic rings. The van der Waals surface area contributed by atoms with Crippen molar-refractivity contribution < 1.29 is 19.1 Å². The third-order valence-corrected chi connectivity index (χ3v) is 3.51. The van der Waals surface area contributed by atoms with Gasteiger partial charge in [-0.05, 0) is 52.5 Å². The summed E-state index contributed by atoms with van der Waals surface area (Å²) in [6, 6.07) is -0.370. The van der Waals surface area contributed by atoms with Crippen molar-refractivity contribution in [2.24, 2.45) is 5.11 Å². The number of carbonyl (C=O) groups excluding carboxylic acids is 2. The van der Waals surface area contributed by atoms with E-state index in [1.807, 2.05) is 0 Å². The molecule has 1 amide bonds. The molecule has 1 rings (SSSR count). The molecular weight excluding hydrogens is 300 g/mol. The maximum atomic E-state index is 12.4. The Morgan fingerprint density at radius 2 is 2.04 bits per heavy atom. The summed E-state index contributed by atoms with van der Waals surface area (Å²) in [5.41, 5.74) is 7.99. The van der Waals surface area contributed by atoms with Crippen LogP contribution >= 0.6 is 0 Å². The normalized spacial score (nSPS) is 21.3. The second-order valence-corrected chi connectivity index (χ2v) is 6.57. The molecule has 1 aliphatic rings. The number of hydrogen-bond donors (Lipinski definition) is 0. The summed E-state index contributed by atoms with van der Waals surface area (Å²) in [6.07, 6.45) is 1.69. The van der Waals surface area contributed by atoms with Crippen molar-refractivity contribution in [2.45, 2.75) is 71.1 Å². The van der Waals surface area contributed by atoms with Gasteiger partial charge in [-0.15, -0.1) is 0 Å². The smallest absolute Gasteiger partial charge is 0.410 e. The number of amides is 1. The fraction of sp³-hybridized carbons (Fsp3) is 0.867. The highest BCUT2D eigenvalue weighted by Crippen LogP contribution is 2.25. The first-order valence-corrected chi connectivity index (χ1v) is 7.96. The van der Waals surface area contributed by atoms with Crippen LogP contribution in [0.3, 0.4) is 0 Å². The number of esters is 1. The molecule has 1 fully saturated rings. The lowest BCUT2D eigenvalue weighted by atomic mass is 9.95. The lowest BCUT2D eigenvalue weighted by Crippen LogP contribution is -2.50. The van der Waals surface area contributed by atoms with E-state index in [0.717, 1.165) is 0 Å².